The Hall–Kier alpha value is -3.70. The van der Waals surface area contributed by atoms with E-state index in [0.717, 1.165) is 0 Å². The van der Waals surface area contributed by atoms with Crippen molar-refractivity contribution < 1.29 is 63.6 Å². The van der Waals surface area contributed by atoms with Crippen molar-refractivity contribution in [3.05, 3.63) is 28.5 Å². The highest BCUT2D eigenvalue weighted by Gasteiger charge is 2.90. The lowest BCUT2D eigenvalue weighted by atomic mass is 9.58. The maximum Gasteiger partial charge on any atom is 0.466 e. The highest BCUT2D eigenvalue weighted by Crippen LogP contribution is 2.73. The number of ketones is 3. The van der Waals surface area contributed by atoms with Gasteiger partial charge in [0.05, 0.1) is 17.8 Å². The maximum atomic E-state index is 14.4. The van der Waals surface area contributed by atoms with Gasteiger partial charge in [-0.05, 0) is 51.2 Å². The molecule has 2 fully saturated rings. The van der Waals surface area contributed by atoms with E-state index < -0.39 is 88.1 Å². The molecule has 18 heteroatoms. The first-order chi connectivity index (χ1) is 20.4. The number of nitrogens with zero attached hydrogens (tertiary/aromatic N) is 1. The normalized spacial score (nSPS) is 30.0. The predicted molar refractivity (Wildman–Crippen MR) is 154 cm³/mol. The van der Waals surface area contributed by atoms with Crippen molar-refractivity contribution in [2.45, 2.75) is 50.4 Å². The highest BCUT2D eigenvalue weighted by atomic mass is 31.2. The minimum atomic E-state index is -4.64. The van der Waals surface area contributed by atoms with Crippen molar-refractivity contribution in [2.24, 2.45) is 23.0 Å². The molecule has 5 atom stereocenters. The smallest absolute Gasteiger partial charge is 0.466 e. The van der Waals surface area contributed by atoms with Crippen LogP contribution in [-0.2, 0) is 30.2 Å². The fraction of sp³-hybridized carbons (Fsp3) is 0.519. The first-order valence-electron chi connectivity index (χ1n) is 13.6. The number of rotatable bonds is 5. The molecule has 2 saturated carbocycles. The van der Waals surface area contributed by atoms with E-state index in [9.17, 15) is 44.4 Å². The number of amides is 2. The Labute approximate surface area is 256 Å². The molecule has 1 aromatic carbocycles. The third-order valence-corrected chi connectivity index (χ3v) is 8.82. The second kappa shape index (κ2) is 10.4. The average Bonchev–Trinajstić information content (AvgIpc) is 3.22. The van der Waals surface area contributed by atoms with Crippen LogP contribution in [0.4, 0.5) is 11.4 Å². The first kappa shape index (κ1) is 34.2. The SMILES string of the molecule is CN(C)c1cc(NC(=O)CNC(C)(C)C)c(O)c2c1C[C@H]1C[C@@H]3[C@@]4(O)C(=O)C(C(N)=O)=C(O)[C@]3(O)[C@]1(C2=O)C4=O.O=P(O)(O)O. The van der Waals surface area contributed by atoms with Crippen LogP contribution in [-0.4, -0.2) is 102 Å². The molecule has 17 nitrogen and oxygen atoms in total. The molecule has 0 aromatic heterocycles. The summed E-state index contributed by atoms with van der Waals surface area (Å²) in [6.45, 7) is 5.45. The van der Waals surface area contributed by atoms with Crippen LogP contribution in [0, 0.1) is 17.3 Å². The number of hydrogen-bond acceptors (Lipinski definition) is 12. The summed E-state index contributed by atoms with van der Waals surface area (Å²) in [6.07, 6.45) is -0.272. The molecule has 4 aliphatic rings. The van der Waals surface area contributed by atoms with E-state index in [-0.39, 0.29) is 30.6 Å². The zero-order chi connectivity index (χ0) is 34.4. The van der Waals surface area contributed by atoms with Gasteiger partial charge in [0.1, 0.15) is 28.1 Å². The number of primary amides is 1. The Morgan fingerprint density at radius 3 is 2.13 bits per heavy atom. The van der Waals surface area contributed by atoms with Crippen molar-refractivity contribution in [2.75, 3.05) is 30.9 Å². The van der Waals surface area contributed by atoms with Crippen LogP contribution in [0.2, 0.25) is 0 Å². The molecule has 246 valence electrons. The van der Waals surface area contributed by atoms with Gasteiger partial charge in [0.15, 0.2) is 17.2 Å². The summed E-state index contributed by atoms with van der Waals surface area (Å²) in [7, 11) is -1.29. The molecule has 45 heavy (non-hydrogen) atoms. The number of fused-ring (bicyclic) bond motifs is 1. The monoisotopic (exact) mass is 654 g/mol. The Balaban J connectivity index is 0.000000854. The molecule has 1 aromatic rings. The van der Waals surface area contributed by atoms with Crippen LogP contribution in [0.5, 0.6) is 5.75 Å². The number of carbonyl (C=O) groups excluding carboxylic acids is 5. The van der Waals surface area contributed by atoms with Crippen molar-refractivity contribution in [3.8, 4) is 5.75 Å². The van der Waals surface area contributed by atoms with Crippen molar-refractivity contribution in [3.63, 3.8) is 0 Å². The molecule has 4 aliphatic carbocycles. The van der Waals surface area contributed by atoms with Gasteiger partial charge >= 0.3 is 7.82 Å². The third kappa shape index (κ3) is 4.77. The molecule has 2 amide bonds. The number of phosphoric acid groups is 1. The molecule has 0 aliphatic heterocycles. The molecule has 0 unspecified atom stereocenters. The van der Waals surface area contributed by atoms with Crippen molar-refractivity contribution in [1.82, 2.24) is 5.32 Å². The quantitative estimate of drug-likeness (QED) is 0.0721. The minimum absolute atomic E-state index is 0.0596. The second-order valence-electron chi connectivity index (χ2n) is 12.8. The average molecular weight is 655 g/mol. The molecule has 11 N–H and O–H groups in total. The Morgan fingerprint density at radius 2 is 1.64 bits per heavy atom. The van der Waals surface area contributed by atoms with Gasteiger partial charge in [-0.15, -0.1) is 0 Å². The van der Waals surface area contributed by atoms with E-state index >= 15 is 0 Å². The van der Waals surface area contributed by atoms with E-state index in [1.807, 2.05) is 20.8 Å². The van der Waals surface area contributed by atoms with Crippen LogP contribution >= 0.6 is 7.82 Å². The van der Waals surface area contributed by atoms with Crippen LogP contribution in [0.25, 0.3) is 0 Å². The molecule has 5 rings (SSSR count). The van der Waals surface area contributed by atoms with Gasteiger partial charge in [-0.3, -0.25) is 24.0 Å². The minimum Gasteiger partial charge on any atom is -0.508 e. The summed E-state index contributed by atoms with van der Waals surface area (Å²) in [4.78, 5) is 89.5. The number of Topliss-reactive ketones (excluding diaryl/α,β-unsaturated/α-hetero) is 3. The number of hydrogen-bond donors (Lipinski definition) is 10. The fourth-order valence-corrected chi connectivity index (χ4v) is 7.16. The second-order valence-corrected chi connectivity index (χ2v) is 13.8. The number of phenols is 1. The lowest BCUT2D eigenvalue weighted by molar-refractivity contribution is -0.158. The number of aromatic hydroxyl groups is 1. The standard InChI is InChI=1S/C27H32N4O9.H3O4P/c1-24(2,3)29-9-15(32)30-12-8-13(31(4)5)11-6-10-7-14-26(39)20(35)17(22(28)37)21(36)27(14,40)25(10,23(26)38)19(34)16(11)18(12)33;1-5(2,3)4/h8,10,14,29,33,36,39-40H,6-7,9H2,1-5H3,(H2,28,37)(H,30,32);(H3,1,2,3,4)/t10-,14+,25+,26+,27-;/m0./s1. The fourth-order valence-electron chi connectivity index (χ4n) is 7.16. The van der Waals surface area contributed by atoms with Crippen molar-refractivity contribution >= 4 is 48.4 Å². The zero-order valence-electron chi connectivity index (χ0n) is 24.9. The van der Waals surface area contributed by atoms with Gasteiger partial charge in [0.2, 0.25) is 11.7 Å². The number of carbonyl (C=O) groups is 5. The summed E-state index contributed by atoms with van der Waals surface area (Å²) in [5, 5.41) is 51.2. The van der Waals surface area contributed by atoms with E-state index in [1.165, 1.54) is 6.07 Å². The zero-order valence-corrected chi connectivity index (χ0v) is 25.8. The summed E-state index contributed by atoms with van der Waals surface area (Å²) >= 11 is 0. The largest absolute Gasteiger partial charge is 0.508 e. The van der Waals surface area contributed by atoms with Crippen LogP contribution in [0.1, 0.15) is 43.1 Å². The van der Waals surface area contributed by atoms with E-state index in [4.69, 9.17) is 25.0 Å². The van der Waals surface area contributed by atoms with Crippen LogP contribution in [0.15, 0.2) is 17.4 Å². The molecular formula is C27H35N4O13P. The number of aliphatic hydroxyl groups excluding tert-OH is 1. The topological polar surface area (TPSA) is 297 Å². The van der Waals surface area contributed by atoms with Gasteiger partial charge in [-0.25, -0.2) is 4.57 Å². The van der Waals surface area contributed by atoms with Crippen LogP contribution in [0.3, 0.4) is 0 Å². The van der Waals surface area contributed by atoms with Gasteiger partial charge in [-0.1, -0.05) is 0 Å². The molecular weight excluding hydrogens is 619 g/mol. The lowest BCUT2D eigenvalue weighted by Crippen LogP contribution is -2.60. The van der Waals surface area contributed by atoms with Crippen molar-refractivity contribution in [1.29, 1.82) is 0 Å². The summed E-state index contributed by atoms with van der Waals surface area (Å²) in [5.41, 5.74) is -4.44. The van der Waals surface area contributed by atoms with Gasteiger partial charge in [0.25, 0.3) is 5.91 Å². The number of anilines is 2. The number of nitrogens with one attached hydrogen (secondary N) is 2. The number of benzene rings is 1. The van der Waals surface area contributed by atoms with Crippen LogP contribution < -0.4 is 21.3 Å². The Kier molecular flexibility index (Phi) is 7.91. The Bertz CT molecular complexity index is 1630. The summed E-state index contributed by atoms with van der Waals surface area (Å²) in [6, 6.07) is 1.48. The van der Waals surface area contributed by atoms with Gasteiger partial charge < -0.3 is 56.4 Å². The summed E-state index contributed by atoms with van der Waals surface area (Å²) < 4.78 is 8.88. The predicted octanol–water partition coefficient (Wildman–Crippen LogP) is -1.86. The molecule has 0 heterocycles. The first-order valence-corrected chi connectivity index (χ1v) is 15.1. The Morgan fingerprint density at radius 1 is 1.09 bits per heavy atom. The maximum absolute atomic E-state index is 14.4. The van der Waals surface area contributed by atoms with E-state index in [2.05, 4.69) is 10.6 Å². The number of phenolic OH excluding ortho intramolecular Hbond substituents is 1. The van der Waals surface area contributed by atoms with E-state index in [0.29, 0.717) is 11.3 Å². The number of aliphatic hydroxyl groups is 3. The van der Waals surface area contributed by atoms with Gasteiger partial charge in [-0.2, -0.15) is 0 Å². The third-order valence-electron chi connectivity index (χ3n) is 8.82. The highest BCUT2D eigenvalue weighted by molar-refractivity contribution is 7.45. The molecule has 0 radical (unpaired) electrons. The summed E-state index contributed by atoms with van der Waals surface area (Å²) in [5.74, 6) is -10.5. The lowest BCUT2D eigenvalue weighted by Gasteiger charge is -2.43. The molecule has 0 saturated heterocycles. The van der Waals surface area contributed by atoms with Gasteiger partial charge in [0, 0.05) is 31.2 Å². The van der Waals surface area contributed by atoms with E-state index in [1.54, 1.807) is 19.0 Å². The number of nitrogens with two attached hydrogens (primary N) is 1. The molecule has 1 spiro atoms. The molecule has 4 bridgehead atoms.